The number of anilines is 1. The number of benzene rings is 1. The van der Waals surface area contributed by atoms with E-state index in [0.29, 0.717) is 31.2 Å². The third kappa shape index (κ3) is 7.03. The molecule has 0 radical (unpaired) electrons. The van der Waals surface area contributed by atoms with Gasteiger partial charge in [-0.25, -0.2) is 9.59 Å². The van der Waals surface area contributed by atoms with E-state index in [9.17, 15) is 14.4 Å². The van der Waals surface area contributed by atoms with Crippen molar-refractivity contribution in [2.75, 3.05) is 38.0 Å². The fourth-order valence-electron chi connectivity index (χ4n) is 5.33. The first kappa shape index (κ1) is 28.7. The molecule has 5 N–H and O–H groups in total. The van der Waals surface area contributed by atoms with Crippen molar-refractivity contribution in [2.45, 2.75) is 64.7 Å². The molecule has 11 nitrogen and oxygen atoms in total. The smallest absolute Gasteiger partial charge is 0.335 e. The summed E-state index contributed by atoms with van der Waals surface area (Å²) in [5.41, 5.74) is 12.5. The van der Waals surface area contributed by atoms with Gasteiger partial charge in [0, 0.05) is 44.5 Å². The van der Waals surface area contributed by atoms with Crippen molar-refractivity contribution < 1.29 is 9.59 Å². The molecule has 1 aromatic heterocycles. The molecule has 2 aromatic rings. The van der Waals surface area contributed by atoms with Crippen LogP contribution in [0.4, 0.5) is 10.6 Å². The summed E-state index contributed by atoms with van der Waals surface area (Å²) in [5, 5.41) is 2.71. The minimum Gasteiger partial charge on any atom is -0.335 e. The maximum atomic E-state index is 12.8. The van der Waals surface area contributed by atoms with Gasteiger partial charge in [-0.05, 0) is 83.3 Å². The van der Waals surface area contributed by atoms with Gasteiger partial charge >= 0.3 is 11.7 Å². The molecule has 0 bridgehead atoms. The zero-order valence-corrected chi connectivity index (χ0v) is 23.5. The molecule has 2 fully saturated rings. The number of nitrogens with one attached hydrogen (secondary N) is 1. The molecule has 0 saturated carbocycles. The average Bonchev–Trinajstić information content (AvgIpc) is 2.89. The van der Waals surface area contributed by atoms with Crippen LogP contribution >= 0.6 is 0 Å². The molecule has 2 atom stereocenters. The van der Waals surface area contributed by atoms with Crippen molar-refractivity contribution in [2.24, 2.45) is 17.4 Å². The van der Waals surface area contributed by atoms with Gasteiger partial charge in [-0.2, -0.15) is 4.98 Å². The number of piperazine rings is 1. The van der Waals surface area contributed by atoms with Gasteiger partial charge in [-0.15, -0.1) is 0 Å². The normalized spacial score (nSPS) is 20.1. The van der Waals surface area contributed by atoms with Crippen LogP contribution < -0.4 is 22.5 Å². The Bertz CT molecular complexity index is 1210. The minimum absolute atomic E-state index is 0.143. The van der Waals surface area contributed by atoms with Gasteiger partial charge in [0.2, 0.25) is 5.91 Å². The Morgan fingerprint density at radius 1 is 1.10 bits per heavy atom. The molecule has 0 aliphatic carbocycles. The maximum Gasteiger partial charge on any atom is 0.354 e. The van der Waals surface area contributed by atoms with Gasteiger partial charge in [0.1, 0.15) is 5.82 Å². The van der Waals surface area contributed by atoms with Gasteiger partial charge in [-0.3, -0.25) is 19.6 Å². The molecule has 4 rings (SSSR count). The average molecular weight is 539 g/mol. The van der Waals surface area contributed by atoms with Gasteiger partial charge < -0.3 is 21.3 Å². The van der Waals surface area contributed by atoms with Crippen molar-refractivity contribution >= 4 is 17.8 Å². The third-order valence-corrected chi connectivity index (χ3v) is 7.76. The predicted molar refractivity (Wildman–Crippen MR) is 152 cm³/mol. The maximum absolute atomic E-state index is 12.8. The summed E-state index contributed by atoms with van der Waals surface area (Å²) in [4.78, 5) is 48.0. The SMILES string of the molecule is CC1CN(C(=O)Nc2ccn(-c3ccc(CN4CCC([C@H](C)N)CC4)cc3)c(=O)n2)CCN1C(=O)C(C)(C)N. The number of rotatable bonds is 6. The Hall–Kier alpha value is -3.28. The lowest BCUT2D eigenvalue weighted by atomic mass is 9.91. The Balaban J connectivity index is 1.32. The molecule has 0 spiro atoms. The van der Waals surface area contributed by atoms with Crippen molar-refractivity contribution in [3.63, 3.8) is 0 Å². The van der Waals surface area contributed by atoms with Crippen molar-refractivity contribution in [3.8, 4) is 5.69 Å². The van der Waals surface area contributed by atoms with Gasteiger partial charge in [0.15, 0.2) is 0 Å². The Morgan fingerprint density at radius 2 is 1.77 bits per heavy atom. The van der Waals surface area contributed by atoms with Crippen LogP contribution in [0, 0.1) is 5.92 Å². The molecular weight excluding hydrogens is 496 g/mol. The van der Waals surface area contributed by atoms with E-state index in [1.165, 1.54) is 10.1 Å². The highest BCUT2D eigenvalue weighted by Crippen LogP contribution is 2.21. The summed E-state index contributed by atoms with van der Waals surface area (Å²) < 4.78 is 1.45. The van der Waals surface area contributed by atoms with E-state index < -0.39 is 11.2 Å². The molecular formula is C28H42N8O3. The monoisotopic (exact) mass is 538 g/mol. The lowest BCUT2D eigenvalue weighted by Crippen LogP contribution is -2.61. The number of carbonyl (C=O) groups is 2. The minimum atomic E-state index is -0.965. The molecule has 1 aromatic carbocycles. The highest BCUT2D eigenvalue weighted by Gasteiger charge is 2.35. The van der Waals surface area contributed by atoms with E-state index in [-0.39, 0.29) is 29.8 Å². The first-order chi connectivity index (χ1) is 18.4. The van der Waals surface area contributed by atoms with Crippen LogP contribution in [0.2, 0.25) is 0 Å². The summed E-state index contributed by atoms with van der Waals surface area (Å²) in [7, 11) is 0. The summed E-state index contributed by atoms with van der Waals surface area (Å²) in [6, 6.07) is 9.21. The molecule has 3 amide bonds. The number of piperidine rings is 1. The lowest BCUT2D eigenvalue weighted by molar-refractivity contribution is -0.139. The number of likely N-dealkylation sites (tertiary alicyclic amines) is 1. The van der Waals surface area contributed by atoms with E-state index in [1.807, 2.05) is 31.2 Å². The van der Waals surface area contributed by atoms with E-state index in [0.717, 1.165) is 32.5 Å². The molecule has 2 saturated heterocycles. The summed E-state index contributed by atoms with van der Waals surface area (Å²) in [5.74, 6) is 0.640. The largest absolute Gasteiger partial charge is 0.354 e. The fraction of sp³-hybridized carbons (Fsp3) is 0.571. The Kier molecular flexibility index (Phi) is 8.73. The van der Waals surface area contributed by atoms with Crippen LogP contribution in [0.25, 0.3) is 5.69 Å². The second-order valence-corrected chi connectivity index (χ2v) is 11.5. The highest BCUT2D eigenvalue weighted by atomic mass is 16.2. The molecule has 3 heterocycles. The number of aromatic nitrogens is 2. The third-order valence-electron chi connectivity index (χ3n) is 7.76. The van der Waals surface area contributed by atoms with Gasteiger partial charge in [-0.1, -0.05) is 12.1 Å². The predicted octanol–water partition coefficient (Wildman–Crippen LogP) is 1.59. The van der Waals surface area contributed by atoms with Gasteiger partial charge in [0.05, 0.1) is 11.2 Å². The van der Waals surface area contributed by atoms with E-state index in [4.69, 9.17) is 11.5 Å². The summed E-state index contributed by atoms with van der Waals surface area (Å²) >= 11 is 0. The zero-order valence-electron chi connectivity index (χ0n) is 23.5. The van der Waals surface area contributed by atoms with Crippen LogP contribution in [-0.2, 0) is 11.3 Å². The molecule has 1 unspecified atom stereocenters. The van der Waals surface area contributed by atoms with Crippen LogP contribution in [0.15, 0.2) is 41.3 Å². The van der Waals surface area contributed by atoms with Gasteiger partial charge in [0.25, 0.3) is 0 Å². The van der Waals surface area contributed by atoms with Crippen molar-refractivity contribution in [1.29, 1.82) is 0 Å². The second-order valence-electron chi connectivity index (χ2n) is 11.5. The van der Waals surface area contributed by atoms with Crippen LogP contribution in [0.3, 0.4) is 0 Å². The van der Waals surface area contributed by atoms with Crippen molar-refractivity contribution in [3.05, 3.63) is 52.6 Å². The quantitative estimate of drug-likeness (QED) is 0.507. The van der Waals surface area contributed by atoms with Crippen LogP contribution in [0.5, 0.6) is 0 Å². The number of nitrogens with zero attached hydrogens (tertiary/aromatic N) is 5. The lowest BCUT2D eigenvalue weighted by Gasteiger charge is -2.42. The first-order valence-electron chi connectivity index (χ1n) is 13.7. The number of amides is 3. The van der Waals surface area contributed by atoms with E-state index in [1.54, 1.807) is 35.9 Å². The second kappa shape index (κ2) is 11.8. The van der Waals surface area contributed by atoms with Crippen molar-refractivity contribution in [1.82, 2.24) is 24.3 Å². The Labute approximate surface area is 230 Å². The topological polar surface area (TPSA) is 143 Å². The number of hydrogen-bond acceptors (Lipinski definition) is 7. The van der Waals surface area contributed by atoms with Crippen LogP contribution in [0.1, 0.15) is 46.1 Å². The Morgan fingerprint density at radius 3 is 2.33 bits per heavy atom. The highest BCUT2D eigenvalue weighted by molar-refractivity contribution is 5.89. The fourth-order valence-corrected chi connectivity index (χ4v) is 5.33. The van der Waals surface area contributed by atoms with Crippen LogP contribution in [-0.4, -0.2) is 86.5 Å². The summed E-state index contributed by atoms with van der Waals surface area (Å²) in [6.45, 7) is 11.4. The number of nitrogens with two attached hydrogens (primary N) is 2. The molecule has 11 heteroatoms. The number of urea groups is 1. The zero-order chi connectivity index (χ0) is 28.3. The summed E-state index contributed by atoms with van der Waals surface area (Å²) in [6.07, 6.45) is 3.86. The first-order valence-corrected chi connectivity index (χ1v) is 13.7. The number of carbonyl (C=O) groups excluding carboxylic acids is 2. The molecule has 2 aliphatic rings. The number of hydrogen-bond donors (Lipinski definition) is 3. The van der Waals surface area contributed by atoms with E-state index >= 15 is 0 Å². The molecule has 39 heavy (non-hydrogen) atoms. The molecule has 212 valence electrons. The van der Waals surface area contributed by atoms with E-state index in [2.05, 4.69) is 22.1 Å². The molecule has 2 aliphatic heterocycles. The standard InChI is InChI=1S/C28H42N8O3/c1-19-17-34(15-16-35(19)25(37)28(3,4)30)26(38)31-24-11-14-36(27(39)32-24)23-7-5-21(6-8-23)18-33-12-9-22(10-13-33)20(2)29/h5-8,11,14,19-20,22H,9-10,12-13,15-18,29-30H2,1-4H3,(H,31,32,38,39)/t19?,20-/m0/s1.